The molecule has 4 rings (SSSR count). The third-order valence-electron chi connectivity index (χ3n) is 5.00. The van der Waals surface area contributed by atoms with Gasteiger partial charge in [0.1, 0.15) is 0 Å². The van der Waals surface area contributed by atoms with Gasteiger partial charge in [0.15, 0.2) is 0 Å². The number of aryl methyl sites for hydroxylation is 1. The van der Waals surface area contributed by atoms with Crippen molar-refractivity contribution >= 4 is 28.9 Å². The van der Waals surface area contributed by atoms with E-state index in [0.717, 1.165) is 31.9 Å². The molecular weight excluding hydrogens is 405 g/mol. The van der Waals surface area contributed by atoms with Crippen molar-refractivity contribution in [1.29, 1.82) is 0 Å². The number of hydrogen-bond acceptors (Lipinski definition) is 4. The van der Waals surface area contributed by atoms with Crippen molar-refractivity contribution in [2.75, 3.05) is 24.5 Å². The van der Waals surface area contributed by atoms with Crippen LogP contribution in [-0.4, -0.2) is 47.7 Å². The minimum absolute atomic E-state index is 0.182. The molecule has 2 atom stereocenters. The van der Waals surface area contributed by atoms with Crippen LogP contribution in [0.15, 0.2) is 42.5 Å². The highest BCUT2D eigenvalue weighted by molar-refractivity contribution is 7.11. The number of halogens is 3. The fourth-order valence-corrected chi connectivity index (χ4v) is 4.64. The maximum atomic E-state index is 12.7. The summed E-state index contributed by atoms with van der Waals surface area (Å²) in [5, 5.41) is 7.12. The first-order chi connectivity index (χ1) is 13.6. The molecule has 1 aromatic carbocycles. The van der Waals surface area contributed by atoms with Crippen LogP contribution in [0.1, 0.15) is 9.75 Å². The van der Waals surface area contributed by atoms with Crippen LogP contribution in [0.5, 0.6) is 0 Å². The van der Waals surface area contributed by atoms with E-state index in [2.05, 4.69) is 24.0 Å². The molecule has 1 amide bonds. The number of nitrogens with zero attached hydrogens (tertiary/aromatic N) is 2. The van der Waals surface area contributed by atoms with Crippen molar-refractivity contribution < 1.29 is 27.9 Å². The lowest BCUT2D eigenvalue weighted by Crippen LogP contribution is -2.32. The third-order valence-corrected chi connectivity index (χ3v) is 5.99. The number of aliphatic carboxylic acids is 1. The van der Waals surface area contributed by atoms with Gasteiger partial charge in [0.05, 0.1) is 5.92 Å². The van der Waals surface area contributed by atoms with E-state index in [0.29, 0.717) is 11.8 Å². The highest BCUT2D eigenvalue weighted by Gasteiger charge is 2.46. The van der Waals surface area contributed by atoms with Crippen molar-refractivity contribution in [1.82, 2.24) is 4.90 Å². The van der Waals surface area contributed by atoms with Gasteiger partial charge in [-0.05, 0) is 31.2 Å². The molecule has 0 bridgehead atoms. The number of thiophene rings is 1. The van der Waals surface area contributed by atoms with E-state index >= 15 is 0 Å². The molecule has 3 heterocycles. The molecule has 0 radical (unpaired) electrons. The van der Waals surface area contributed by atoms with E-state index in [1.54, 1.807) is 0 Å². The van der Waals surface area contributed by atoms with Crippen LogP contribution in [0.25, 0.3) is 0 Å². The van der Waals surface area contributed by atoms with Gasteiger partial charge in [-0.2, -0.15) is 13.2 Å². The lowest BCUT2D eigenvalue weighted by molar-refractivity contribution is -0.192. The number of fused-ring (bicyclic) bond motifs is 1. The number of carboxylic acid groups (broad SMARTS) is 1. The molecule has 29 heavy (non-hydrogen) atoms. The molecule has 2 aromatic rings. The van der Waals surface area contributed by atoms with Crippen LogP contribution >= 0.6 is 11.3 Å². The van der Waals surface area contributed by atoms with Crippen LogP contribution in [0.2, 0.25) is 0 Å². The van der Waals surface area contributed by atoms with Gasteiger partial charge in [0.2, 0.25) is 5.91 Å². The molecule has 1 aromatic heterocycles. The predicted molar refractivity (Wildman–Crippen MR) is 104 cm³/mol. The first kappa shape index (κ1) is 21.3. The van der Waals surface area contributed by atoms with Gasteiger partial charge in [0.25, 0.3) is 0 Å². The molecule has 0 spiro atoms. The molecule has 2 fully saturated rings. The number of carboxylic acids is 1. The van der Waals surface area contributed by atoms with Crippen LogP contribution < -0.4 is 4.90 Å². The van der Waals surface area contributed by atoms with Crippen LogP contribution in [0.3, 0.4) is 0 Å². The lowest BCUT2D eigenvalue weighted by atomic mass is 10.0. The van der Waals surface area contributed by atoms with Gasteiger partial charge in [-0.1, -0.05) is 18.2 Å². The third kappa shape index (κ3) is 5.16. The highest BCUT2D eigenvalue weighted by atomic mass is 32.1. The van der Waals surface area contributed by atoms with Gasteiger partial charge < -0.3 is 10.0 Å². The van der Waals surface area contributed by atoms with Gasteiger partial charge in [0, 0.05) is 47.5 Å². The van der Waals surface area contributed by atoms with Crippen LogP contribution in [0.4, 0.5) is 18.9 Å². The summed E-state index contributed by atoms with van der Waals surface area (Å²) in [6.07, 6.45) is -5.08. The van der Waals surface area contributed by atoms with Gasteiger partial charge in [-0.15, -0.1) is 11.3 Å². The Hall–Kier alpha value is -2.39. The molecule has 156 valence electrons. The van der Waals surface area contributed by atoms with E-state index in [4.69, 9.17) is 9.90 Å². The zero-order valence-electron chi connectivity index (χ0n) is 15.7. The average molecular weight is 426 g/mol. The van der Waals surface area contributed by atoms with Crippen LogP contribution in [-0.2, 0) is 16.1 Å². The normalized spacial score (nSPS) is 21.7. The summed E-state index contributed by atoms with van der Waals surface area (Å²) in [4.78, 5) is 28.8. The number of alkyl halides is 3. The van der Waals surface area contributed by atoms with E-state index in [9.17, 15) is 18.0 Å². The Kier molecular flexibility index (Phi) is 6.28. The summed E-state index contributed by atoms with van der Waals surface area (Å²) >= 11 is 1.86. The van der Waals surface area contributed by atoms with Crippen LogP contribution in [0, 0.1) is 18.8 Å². The predicted octanol–water partition coefficient (Wildman–Crippen LogP) is 3.78. The zero-order valence-corrected chi connectivity index (χ0v) is 16.5. The number of rotatable bonds is 3. The Bertz CT molecular complexity index is 869. The second-order valence-corrected chi connectivity index (χ2v) is 8.53. The molecule has 0 aliphatic carbocycles. The smallest absolute Gasteiger partial charge is 0.475 e. The quantitative estimate of drug-likeness (QED) is 0.812. The standard InChI is InChI=1S/C18H20N2OS.C2HF3O2/c1-13-7-8-16(22-13)11-19-9-14-10-20(18(21)17(14)12-19)15-5-3-2-4-6-15;3-2(4,5)1(6)7/h2-8,14,17H,9-12H2,1H3;(H,6,7). The van der Waals surface area contributed by atoms with Crippen molar-refractivity contribution in [3.63, 3.8) is 0 Å². The first-order valence-electron chi connectivity index (χ1n) is 9.09. The molecule has 1 N–H and O–H groups in total. The SMILES string of the molecule is Cc1ccc(CN2CC3CN(c4ccccc4)C(=O)C3C2)s1.O=C(O)C(F)(F)F. The fraction of sp³-hybridized carbons (Fsp3) is 0.400. The molecule has 0 saturated carbocycles. The largest absolute Gasteiger partial charge is 0.490 e. The van der Waals surface area contributed by atoms with Gasteiger partial charge >= 0.3 is 12.1 Å². The molecule has 9 heteroatoms. The number of carbonyl (C=O) groups is 2. The Morgan fingerprint density at radius 1 is 1.14 bits per heavy atom. The van der Waals surface area contributed by atoms with Crippen molar-refractivity contribution in [2.45, 2.75) is 19.6 Å². The Morgan fingerprint density at radius 2 is 1.79 bits per heavy atom. The molecule has 5 nitrogen and oxygen atoms in total. The number of amides is 1. The number of anilines is 1. The van der Waals surface area contributed by atoms with Gasteiger partial charge in [-0.25, -0.2) is 4.79 Å². The summed E-state index contributed by atoms with van der Waals surface area (Å²) < 4.78 is 31.7. The van der Waals surface area contributed by atoms with E-state index < -0.39 is 12.1 Å². The second-order valence-electron chi connectivity index (χ2n) is 7.16. The summed E-state index contributed by atoms with van der Waals surface area (Å²) in [5.41, 5.74) is 1.04. The Morgan fingerprint density at radius 3 is 2.31 bits per heavy atom. The number of benzene rings is 1. The second kappa shape index (κ2) is 8.54. The summed E-state index contributed by atoms with van der Waals surface area (Å²) in [6, 6.07) is 14.5. The summed E-state index contributed by atoms with van der Waals surface area (Å²) in [7, 11) is 0. The average Bonchev–Trinajstić information content (AvgIpc) is 3.32. The summed E-state index contributed by atoms with van der Waals surface area (Å²) in [6.45, 7) is 5.95. The molecule has 2 unspecified atom stereocenters. The number of likely N-dealkylation sites (tertiary alicyclic amines) is 1. The van der Waals surface area contributed by atoms with Crippen molar-refractivity contribution in [2.24, 2.45) is 11.8 Å². The molecule has 2 aliphatic heterocycles. The maximum absolute atomic E-state index is 12.7. The topological polar surface area (TPSA) is 60.9 Å². The molecule has 2 aliphatic rings. The van der Waals surface area contributed by atoms with Crippen molar-refractivity contribution in [3.8, 4) is 0 Å². The summed E-state index contributed by atoms with van der Waals surface area (Å²) in [5.74, 6) is -1.79. The monoisotopic (exact) mass is 426 g/mol. The number of hydrogen-bond donors (Lipinski definition) is 1. The Balaban J connectivity index is 0.000000298. The minimum Gasteiger partial charge on any atom is -0.475 e. The molecular formula is C20H21F3N2O3S. The minimum atomic E-state index is -5.08. The van der Waals surface area contributed by atoms with E-state index in [-0.39, 0.29) is 5.92 Å². The van der Waals surface area contributed by atoms with Gasteiger partial charge in [-0.3, -0.25) is 9.69 Å². The number of para-hydroxylation sites is 1. The maximum Gasteiger partial charge on any atom is 0.490 e. The lowest BCUT2D eigenvalue weighted by Gasteiger charge is -2.21. The van der Waals surface area contributed by atoms with Crippen molar-refractivity contribution in [3.05, 3.63) is 52.2 Å². The fourth-order valence-electron chi connectivity index (χ4n) is 3.71. The van der Waals surface area contributed by atoms with E-state index in [1.807, 2.05) is 46.6 Å². The van der Waals surface area contributed by atoms with E-state index in [1.165, 1.54) is 9.75 Å². The molecule has 2 saturated heterocycles. The number of carbonyl (C=O) groups excluding carboxylic acids is 1. The highest BCUT2D eigenvalue weighted by Crippen LogP contribution is 2.36. The first-order valence-corrected chi connectivity index (χ1v) is 9.91. The zero-order chi connectivity index (χ0) is 21.2. The Labute approximate surface area is 170 Å².